The van der Waals surface area contributed by atoms with E-state index in [2.05, 4.69) is 14.9 Å². The van der Waals surface area contributed by atoms with Crippen LogP contribution in [0.5, 0.6) is 5.75 Å². The van der Waals surface area contributed by atoms with Crippen LogP contribution in [0.4, 0.5) is 0 Å². The standard InChI is InChI=1S/C9H8N2O2/c1-6-8-3-2-7(13-5-12)4-9(8)11-10-6/h2-5H,1H3,(H,10,11). The molecule has 0 unspecified atom stereocenters. The zero-order valence-electron chi connectivity index (χ0n) is 7.07. The number of ether oxygens (including phenoxy) is 1. The number of nitrogens with zero attached hydrogens (tertiary/aromatic N) is 1. The minimum absolute atomic E-state index is 0.403. The van der Waals surface area contributed by atoms with E-state index in [1.165, 1.54) is 0 Å². The van der Waals surface area contributed by atoms with E-state index in [-0.39, 0.29) is 0 Å². The molecule has 0 saturated heterocycles. The van der Waals surface area contributed by atoms with Crippen molar-refractivity contribution in [1.29, 1.82) is 0 Å². The summed E-state index contributed by atoms with van der Waals surface area (Å²) in [5.74, 6) is 0.508. The molecule has 4 nitrogen and oxygen atoms in total. The minimum atomic E-state index is 0.403. The predicted octanol–water partition coefficient (Wildman–Crippen LogP) is 1.41. The van der Waals surface area contributed by atoms with Crippen molar-refractivity contribution in [3.05, 3.63) is 23.9 Å². The Balaban J connectivity index is 2.56. The van der Waals surface area contributed by atoms with Crippen molar-refractivity contribution in [3.63, 3.8) is 0 Å². The fraction of sp³-hybridized carbons (Fsp3) is 0.111. The van der Waals surface area contributed by atoms with Crippen molar-refractivity contribution in [2.24, 2.45) is 0 Å². The molecule has 0 aliphatic carbocycles. The lowest BCUT2D eigenvalue weighted by molar-refractivity contribution is -0.120. The summed E-state index contributed by atoms with van der Waals surface area (Å²) in [6.07, 6.45) is 0. The Morgan fingerprint density at radius 2 is 2.38 bits per heavy atom. The van der Waals surface area contributed by atoms with Crippen LogP contribution in [-0.4, -0.2) is 16.7 Å². The van der Waals surface area contributed by atoms with Crippen LogP contribution < -0.4 is 4.74 Å². The second-order valence-corrected chi connectivity index (χ2v) is 2.74. The number of hydrogen-bond donors (Lipinski definition) is 1. The number of benzene rings is 1. The Morgan fingerprint density at radius 3 is 3.15 bits per heavy atom. The van der Waals surface area contributed by atoms with Gasteiger partial charge in [-0.05, 0) is 19.1 Å². The van der Waals surface area contributed by atoms with Crippen molar-refractivity contribution in [1.82, 2.24) is 10.2 Å². The molecule has 0 atom stereocenters. The van der Waals surface area contributed by atoms with E-state index in [0.717, 1.165) is 16.6 Å². The van der Waals surface area contributed by atoms with Gasteiger partial charge >= 0.3 is 0 Å². The highest BCUT2D eigenvalue weighted by molar-refractivity contribution is 5.82. The highest BCUT2D eigenvalue weighted by Gasteiger charge is 2.02. The predicted molar refractivity (Wildman–Crippen MR) is 47.5 cm³/mol. The van der Waals surface area contributed by atoms with Crippen LogP contribution in [0.25, 0.3) is 10.9 Å². The van der Waals surface area contributed by atoms with Crippen LogP contribution in [0.3, 0.4) is 0 Å². The summed E-state index contributed by atoms with van der Waals surface area (Å²) in [5, 5.41) is 7.93. The molecule has 0 radical (unpaired) electrons. The number of aromatic amines is 1. The molecule has 0 aliphatic rings. The second-order valence-electron chi connectivity index (χ2n) is 2.74. The summed E-state index contributed by atoms with van der Waals surface area (Å²) in [7, 11) is 0. The topological polar surface area (TPSA) is 55.0 Å². The molecule has 66 valence electrons. The molecule has 0 saturated carbocycles. The first-order valence-corrected chi connectivity index (χ1v) is 3.86. The van der Waals surface area contributed by atoms with Crippen molar-refractivity contribution in [3.8, 4) is 5.75 Å². The van der Waals surface area contributed by atoms with Crippen LogP contribution in [0.1, 0.15) is 5.69 Å². The molecule has 1 aromatic heterocycles. The van der Waals surface area contributed by atoms with Gasteiger partial charge in [0.15, 0.2) is 0 Å². The van der Waals surface area contributed by atoms with Crippen molar-refractivity contribution < 1.29 is 9.53 Å². The molecule has 13 heavy (non-hydrogen) atoms. The van der Waals surface area contributed by atoms with Gasteiger partial charge in [0.2, 0.25) is 0 Å². The van der Waals surface area contributed by atoms with Gasteiger partial charge in [-0.2, -0.15) is 5.10 Å². The average molecular weight is 176 g/mol. The quantitative estimate of drug-likeness (QED) is 0.704. The van der Waals surface area contributed by atoms with E-state index < -0.39 is 0 Å². The maximum absolute atomic E-state index is 10.1. The number of nitrogens with one attached hydrogen (secondary N) is 1. The van der Waals surface area contributed by atoms with Gasteiger partial charge in [0.1, 0.15) is 5.75 Å². The number of rotatable bonds is 2. The molecule has 2 rings (SSSR count). The molecule has 1 N–H and O–H groups in total. The van der Waals surface area contributed by atoms with Crippen LogP contribution in [-0.2, 0) is 4.79 Å². The van der Waals surface area contributed by atoms with Gasteiger partial charge in [-0.1, -0.05) is 0 Å². The lowest BCUT2D eigenvalue weighted by Crippen LogP contribution is -1.87. The van der Waals surface area contributed by atoms with Gasteiger partial charge in [0.25, 0.3) is 6.47 Å². The Bertz CT molecular complexity index is 448. The van der Waals surface area contributed by atoms with E-state index in [1.54, 1.807) is 12.1 Å². The third kappa shape index (κ3) is 1.26. The minimum Gasteiger partial charge on any atom is -0.429 e. The zero-order valence-corrected chi connectivity index (χ0v) is 7.07. The van der Waals surface area contributed by atoms with Gasteiger partial charge in [-0.25, -0.2) is 0 Å². The molecular formula is C9H8N2O2. The normalized spacial score (nSPS) is 10.2. The first-order valence-electron chi connectivity index (χ1n) is 3.86. The van der Waals surface area contributed by atoms with E-state index in [0.29, 0.717) is 12.2 Å². The molecule has 0 bridgehead atoms. The molecule has 0 amide bonds. The lowest BCUT2D eigenvalue weighted by Gasteiger charge is -1.95. The Hall–Kier alpha value is -1.84. The smallest absolute Gasteiger partial charge is 0.298 e. The van der Waals surface area contributed by atoms with Crippen molar-refractivity contribution >= 4 is 17.4 Å². The molecular weight excluding hydrogens is 168 g/mol. The number of H-pyrrole nitrogens is 1. The van der Waals surface area contributed by atoms with E-state index in [9.17, 15) is 4.79 Å². The van der Waals surface area contributed by atoms with Crippen LogP contribution in [0.2, 0.25) is 0 Å². The number of aromatic nitrogens is 2. The summed E-state index contributed by atoms with van der Waals surface area (Å²) >= 11 is 0. The monoisotopic (exact) mass is 176 g/mol. The molecule has 4 heteroatoms. The molecule has 2 aromatic rings. The van der Waals surface area contributed by atoms with E-state index in [1.807, 2.05) is 13.0 Å². The number of aryl methyl sites for hydroxylation is 1. The highest BCUT2D eigenvalue weighted by atomic mass is 16.5. The lowest BCUT2D eigenvalue weighted by atomic mass is 10.2. The summed E-state index contributed by atoms with van der Waals surface area (Å²) < 4.78 is 4.69. The average Bonchev–Trinajstić information content (AvgIpc) is 2.48. The Kier molecular flexibility index (Phi) is 1.73. The highest BCUT2D eigenvalue weighted by Crippen LogP contribution is 2.20. The van der Waals surface area contributed by atoms with Gasteiger partial charge in [-0.15, -0.1) is 0 Å². The van der Waals surface area contributed by atoms with E-state index >= 15 is 0 Å². The van der Waals surface area contributed by atoms with E-state index in [4.69, 9.17) is 0 Å². The summed E-state index contributed by atoms with van der Waals surface area (Å²) in [5.41, 5.74) is 1.81. The van der Waals surface area contributed by atoms with Crippen LogP contribution in [0, 0.1) is 6.92 Å². The number of carbonyl (C=O) groups is 1. The fourth-order valence-corrected chi connectivity index (χ4v) is 1.25. The first kappa shape index (κ1) is 7.79. The van der Waals surface area contributed by atoms with Crippen molar-refractivity contribution in [2.75, 3.05) is 0 Å². The molecule has 1 aromatic carbocycles. The Labute approximate surface area is 74.5 Å². The van der Waals surface area contributed by atoms with Gasteiger partial charge < -0.3 is 4.74 Å². The fourth-order valence-electron chi connectivity index (χ4n) is 1.25. The molecule has 1 heterocycles. The van der Waals surface area contributed by atoms with Gasteiger partial charge in [0.05, 0.1) is 5.52 Å². The zero-order chi connectivity index (χ0) is 9.26. The first-order chi connectivity index (χ1) is 6.31. The SMILES string of the molecule is Cc1[nH]nc2cc(OC=O)ccc12. The van der Waals surface area contributed by atoms with Crippen LogP contribution >= 0.6 is 0 Å². The van der Waals surface area contributed by atoms with Crippen LogP contribution in [0.15, 0.2) is 18.2 Å². The molecule has 0 fully saturated rings. The molecule has 0 spiro atoms. The third-order valence-electron chi connectivity index (χ3n) is 1.90. The molecule has 0 aliphatic heterocycles. The van der Waals surface area contributed by atoms with Gasteiger partial charge in [-0.3, -0.25) is 9.89 Å². The number of fused-ring (bicyclic) bond motifs is 1. The number of hydrogen-bond acceptors (Lipinski definition) is 3. The summed E-state index contributed by atoms with van der Waals surface area (Å²) in [6.45, 7) is 2.34. The largest absolute Gasteiger partial charge is 0.429 e. The van der Waals surface area contributed by atoms with Crippen molar-refractivity contribution in [2.45, 2.75) is 6.92 Å². The Morgan fingerprint density at radius 1 is 1.54 bits per heavy atom. The maximum Gasteiger partial charge on any atom is 0.298 e. The third-order valence-corrected chi connectivity index (χ3v) is 1.90. The summed E-state index contributed by atoms with van der Waals surface area (Å²) in [6, 6.07) is 5.32. The maximum atomic E-state index is 10.1. The second kappa shape index (κ2) is 2.90. The summed E-state index contributed by atoms with van der Waals surface area (Å²) in [4.78, 5) is 10.1. The number of carbonyl (C=O) groups excluding carboxylic acids is 1. The van der Waals surface area contributed by atoms with Gasteiger partial charge in [0, 0.05) is 17.1 Å².